The molecule has 2 amide bonds. The van der Waals surface area contributed by atoms with Gasteiger partial charge in [-0.1, -0.05) is 32.0 Å². The molecule has 0 aromatic heterocycles. The van der Waals surface area contributed by atoms with Gasteiger partial charge in [0.05, 0.1) is 5.56 Å². The molecule has 0 fully saturated rings. The number of hydrogen-bond acceptors (Lipinski definition) is 3. The van der Waals surface area contributed by atoms with E-state index >= 15 is 0 Å². The van der Waals surface area contributed by atoms with Crippen LogP contribution in [0.1, 0.15) is 49.5 Å². The zero-order valence-electron chi connectivity index (χ0n) is 18.0. The molecule has 31 heavy (non-hydrogen) atoms. The molecule has 0 aliphatic heterocycles. The number of benzene rings is 2. The number of aromatic hydroxyl groups is 1. The lowest BCUT2D eigenvalue weighted by atomic mass is 10.0. The van der Waals surface area contributed by atoms with Gasteiger partial charge in [-0.25, -0.2) is 8.78 Å². The predicted molar refractivity (Wildman–Crippen MR) is 115 cm³/mol. The lowest BCUT2D eigenvalue weighted by Gasteiger charge is -2.15. The average Bonchev–Trinajstić information content (AvgIpc) is 2.70. The number of phenolic OH excluding ortho intramolecular Hbond substituents is 1. The molecule has 0 atom stereocenters. The molecule has 5 nitrogen and oxygen atoms in total. The van der Waals surface area contributed by atoms with E-state index in [1.807, 2.05) is 13.8 Å². The molecular formula is C24H28F2N2O3. The van der Waals surface area contributed by atoms with Crippen molar-refractivity contribution in [2.45, 2.75) is 40.0 Å². The summed E-state index contributed by atoms with van der Waals surface area (Å²) >= 11 is 0. The largest absolute Gasteiger partial charge is 0.504 e. The first-order valence-corrected chi connectivity index (χ1v) is 10.2. The Bertz CT molecular complexity index is 971. The van der Waals surface area contributed by atoms with Crippen LogP contribution in [0.25, 0.3) is 0 Å². The summed E-state index contributed by atoms with van der Waals surface area (Å²) in [6.07, 6.45) is 1.62. The molecule has 0 heterocycles. The minimum absolute atomic E-state index is 0.214. The summed E-state index contributed by atoms with van der Waals surface area (Å²) in [5.41, 5.74) is 1.28. The number of hydrogen-bond donors (Lipinski definition) is 3. The Morgan fingerprint density at radius 3 is 2.48 bits per heavy atom. The van der Waals surface area contributed by atoms with Gasteiger partial charge in [0.1, 0.15) is 5.82 Å². The van der Waals surface area contributed by atoms with Crippen LogP contribution in [-0.4, -0.2) is 23.5 Å². The summed E-state index contributed by atoms with van der Waals surface area (Å²) in [6.45, 7) is 5.95. The fraction of sp³-hybridized carbons (Fsp3) is 0.333. The molecule has 0 unspecified atom stereocenters. The van der Waals surface area contributed by atoms with E-state index in [1.165, 1.54) is 24.3 Å². The highest BCUT2D eigenvalue weighted by Crippen LogP contribution is 2.21. The molecule has 0 aliphatic carbocycles. The fourth-order valence-electron chi connectivity index (χ4n) is 3.04. The van der Waals surface area contributed by atoms with Crippen molar-refractivity contribution in [3.8, 4) is 5.75 Å². The first-order valence-electron chi connectivity index (χ1n) is 10.2. The highest BCUT2D eigenvalue weighted by Gasteiger charge is 2.18. The van der Waals surface area contributed by atoms with Gasteiger partial charge in [-0.05, 0) is 61.9 Å². The van der Waals surface area contributed by atoms with Crippen LogP contribution in [0, 0.1) is 17.6 Å². The third-order valence-electron chi connectivity index (χ3n) is 4.82. The molecule has 2 aromatic carbocycles. The SMILES string of the molecule is CC(NC(=O)c1cccc(F)c1O)=C(CCC(C)C)C(=O)NCCc1cccc(F)c1. The van der Waals surface area contributed by atoms with Gasteiger partial charge < -0.3 is 15.7 Å². The van der Waals surface area contributed by atoms with Gasteiger partial charge in [0.2, 0.25) is 5.91 Å². The summed E-state index contributed by atoms with van der Waals surface area (Å²) in [6, 6.07) is 9.84. The molecular weight excluding hydrogens is 402 g/mol. The van der Waals surface area contributed by atoms with Gasteiger partial charge >= 0.3 is 0 Å². The van der Waals surface area contributed by atoms with Gasteiger partial charge in [-0.15, -0.1) is 0 Å². The smallest absolute Gasteiger partial charge is 0.259 e. The molecule has 0 bridgehead atoms. The second-order valence-electron chi connectivity index (χ2n) is 7.76. The van der Waals surface area contributed by atoms with Gasteiger partial charge in [0.15, 0.2) is 11.6 Å². The van der Waals surface area contributed by atoms with E-state index in [2.05, 4.69) is 10.6 Å². The molecule has 0 saturated heterocycles. The number of amides is 2. The Morgan fingerprint density at radius 1 is 1.10 bits per heavy atom. The molecule has 7 heteroatoms. The van der Waals surface area contributed by atoms with Crippen molar-refractivity contribution in [3.63, 3.8) is 0 Å². The molecule has 2 rings (SSSR count). The number of para-hydroxylation sites is 1. The number of carbonyl (C=O) groups excluding carboxylic acids is 2. The van der Waals surface area contributed by atoms with E-state index in [9.17, 15) is 23.5 Å². The third kappa shape index (κ3) is 7.20. The third-order valence-corrected chi connectivity index (χ3v) is 4.82. The lowest BCUT2D eigenvalue weighted by Crippen LogP contribution is -2.31. The van der Waals surface area contributed by atoms with Crippen LogP contribution in [0.3, 0.4) is 0 Å². The summed E-state index contributed by atoms with van der Waals surface area (Å²) in [7, 11) is 0. The van der Waals surface area contributed by atoms with Crippen molar-refractivity contribution in [1.82, 2.24) is 10.6 Å². The van der Waals surface area contributed by atoms with E-state index < -0.39 is 17.5 Å². The predicted octanol–water partition coefficient (Wildman–Crippen LogP) is 4.47. The van der Waals surface area contributed by atoms with E-state index in [0.717, 1.165) is 18.1 Å². The highest BCUT2D eigenvalue weighted by molar-refractivity contribution is 6.00. The minimum Gasteiger partial charge on any atom is -0.504 e. The Balaban J connectivity index is 2.12. The number of rotatable bonds is 9. The highest BCUT2D eigenvalue weighted by atomic mass is 19.1. The lowest BCUT2D eigenvalue weighted by molar-refractivity contribution is -0.117. The molecule has 0 spiro atoms. The van der Waals surface area contributed by atoms with Crippen LogP contribution < -0.4 is 10.6 Å². The van der Waals surface area contributed by atoms with Crippen molar-refractivity contribution in [2.75, 3.05) is 6.54 Å². The minimum atomic E-state index is -0.899. The zero-order valence-corrected chi connectivity index (χ0v) is 18.0. The topological polar surface area (TPSA) is 78.4 Å². The van der Waals surface area contributed by atoms with Crippen molar-refractivity contribution in [1.29, 1.82) is 0 Å². The van der Waals surface area contributed by atoms with Gasteiger partial charge in [0.25, 0.3) is 5.91 Å². The van der Waals surface area contributed by atoms with E-state index in [4.69, 9.17) is 0 Å². The number of halogens is 2. The number of allylic oxidation sites excluding steroid dienone is 1. The zero-order chi connectivity index (χ0) is 23.0. The van der Waals surface area contributed by atoms with Crippen molar-refractivity contribution in [2.24, 2.45) is 5.92 Å². The van der Waals surface area contributed by atoms with Crippen LogP contribution in [0.2, 0.25) is 0 Å². The van der Waals surface area contributed by atoms with Crippen molar-refractivity contribution >= 4 is 11.8 Å². The van der Waals surface area contributed by atoms with Crippen molar-refractivity contribution < 1.29 is 23.5 Å². The van der Waals surface area contributed by atoms with E-state index in [1.54, 1.807) is 19.1 Å². The van der Waals surface area contributed by atoms with Gasteiger partial charge in [-0.2, -0.15) is 0 Å². The van der Waals surface area contributed by atoms with E-state index in [0.29, 0.717) is 36.6 Å². The average molecular weight is 430 g/mol. The Kier molecular flexibility index (Phi) is 8.73. The maximum absolute atomic E-state index is 13.5. The molecule has 0 aliphatic rings. The Hall–Kier alpha value is -3.22. The molecule has 0 radical (unpaired) electrons. The summed E-state index contributed by atoms with van der Waals surface area (Å²) in [4.78, 5) is 25.3. The number of phenols is 1. The Labute approximate surface area is 181 Å². The van der Waals surface area contributed by atoms with Crippen LogP contribution in [0.5, 0.6) is 5.75 Å². The van der Waals surface area contributed by atoms with Crippen LogP contribution in [-0.2, 0) is 11.2 Å². The second-order valence-corrected chi connectivity index (χ2v) is 7.76. The summed E-state index contributed by atoms with van der Waals surface area (Å²) in [5.74, 6) is -2.67. The number of carbonyl (C=O) groups is 2. The van der Waals surface area contributed by atoms with Crippen LogP contribution in [0.15, 0.2) is 53.7 Å². The van der Waals surface area contributed by atoms with Crippen LogP contribution in [0.4, 0.5) is 8.78 Å². The normalized spacial score (nSPS) is 11.8. The maximum Gasteiger partial charge on any atom is 0.259 e. The Morgan fingerprint density at radius 2 is 1.81 bits per heavy atom. The molecule has 3 N–H and O–H groups in total. The van der Waals surface area contributed by atoms with Crippen molar-refractivity contribution in [3.05, 3.63) is 76.5 Å². The summed E-state index contributed by atoms with van der Waals surface area (Å²) in [5, 5.41) is 15.2. The quantitative estimate of drug-likeness (QED) is 0.514. The van der Waals surface area contributed by atoms with Gasteiger partial charge in [-0.3, -0.25) is 9.59 Å². The number of nitrogens with one attached hydrogen (secondary N) is 2. The molecule has 0 saturated carbocycles. The standard InChI is InChI=1S/C24H28F2N2O3/c1-15(2)10-11-19(23(30)27-13-12-17-6-4-7-18(25)14-17)16(3)28-24(31)20-8-5-9-21(26)22(20)29/h4-9,14-15,29H,10-13H2,1-3H3,(H,27,30)(H,28,31). The first kappa shape index (κ1) is 24.1. The van der Waals surface area contributed by atoms with Crippen LogP contribution >= 0.6 is 0 Å². The first-order chi connectivity index (χ1) is 14.7. The molecule has 166 valence electrons. The summed E-state index contributed by atoms with van der Waals surface area (Å²) < 4.78 is 26.8. The fourth-order valence-corrected chi connectivity index (χ4v) is 3.04. The van der Waals surface area contributed by atoms with E-state index in [-0.39, 0.29) is 17.3 Å². The monoisotopic (exact) mass is 430 g/mol. The molecule has 2 aromatic rings. The van der Waals surface area contributed by atoms with Gasteiger partial charge in [0, 0.05) is 17.8 Å². The second kappa shape index (κ2) is 11.2. The maximum atomic E-state index is 13.5.